The van der Waals surface area contributed by atoms with Crippen LogP contribution in [0, 0.1) is 5.92 Å². The summed E-state index contributed by atoms with van der Waals surface area (Å²) in [6, 6.07) is 0.473. The number of hydrogen-bond acceptors (Lipinski definition) is 2. The highest BCUT2D eigenvalue weighted by Crippen LogP contribution is 2.26. The Hall–Kier alpha value is 0.110. The van der Waals surface area contributed by atoms with Crippen LogP contribution in [0.5, 0.6) is 0 Å². The van der Waals surface area contributed by atoms with Crippen molar-refractivity contribution in [2.45, 2.75) is 63.0 Å². The summed E-state index contributed by atoms with van der Waals surface area (Å²) in [6.45, 7) is 6.46. The molecule has 0 radical (unpaired) electrons. The lowest BCUT2D eigenvalue weighted by Crippen LogP contribution is -2.45. The van der Waals surface area contributed by atoms with E-state index >= 15 is 0 Å². The lowest BCUT2D eigenvalue weighted by molar-refractivity contribution is 0.396. The zero-order valence-electron chi connectivity index (χ0n) is 10.5. The molecule has 0 aromatic rings. The predicted molar refractivity (Wildman–Crippen MR) is 67.5 cm³/mol. The van der Waals surface area contributed by atoms with Crippen LogP contribution < -0.4 is 5.32 Å². The van der Waals surface area contributed by atoms with Gasteiger partial charge in [-0.25, -0.2) is 0 Å². The Morgan fingerprint density at radius 3 is 2.33 bits per heavy atom. The van der Waals surface area contributed by atoms with Gasteiger partial charge < -0.3 is 5.32 Å². The van der Waals surface area contributed by atoms with Gasteiger partial charge in [0.05, 0.1) is 5.25 Å². The van der Waals surface area contributed by atoms with E-state index in [1.165, 1.54) is 19.3 Å². The molecule has 90 valence electrons. The van der Waals surface area contributed by atoms with Gasteiger partial charge in [-0.3, -0.25) is 4.21 Å². The summed E-state index contributed by atoms with van der Waals surface area (Å²) in [4.78, 5) is 0. The van der Waals surface area contributed by atoms with Crippen molar-refractivity contribution in [3.05, 3.63) is 0 Å². The molecule has 1 saturated carbocycles. The van der Waals surface area contributed by atoms with Crippen molar-refractivity contribution in [2.75, 3.05) is 7.05 Å². The molecule has 1 aliphatic rings. The molecule has 4 atom stereocenters. The van der Waals surface area contributed by atoms with Crippen LogP contribution in [0.1, 0.15) is 46.5 Å². The van der Waals surface area contributed by atoms with Gasteiger partial charge in [0.2, 0.25) is 0 Å². The van der Waals surface area contributed by atoms with E-state index in [0.717, 1.165) is 6.42 Å². The van der Waals surface area contributed by atoms with Gasteiger partial charge in [-0.1, -0.05) is 33.6 Å². The van der Waals surface area contributed by atoms with Crippen molar-refractivity contribution in [1.29, 1.82) is 0 Å². The minimum absolute atomic E-state index is 0.323. The quantitative estimate of drug-likeness (QED) is 0.804. The maximum absolute atomic E-state index is 12.4. The monoisotopic (exact) mass is 231 g/mol. The first-order valence-electron chi connectivity index (χ1n) is 6.14. The number of rotatable bonds is 4. The van der Waals surface area contributed by atoms with Gasteiger partial charge in [-0.15, -0.1) is 0 Å². The minimum atomic E-state index is -0.674. The summed E-state index contributed by atoms with van der Waals surface area (Å²) >= 11 is 0. The lowest BCUT2D eigenvalue weighted by atomic mass is 9.95. The Morgan fingerprint density at radius 1 is 1.20 bits per heavy atom. The van der Waals surface area contributed by atoms with E-state index in [4.69, 9.17) is 0 Å². The molecule has 0 saturated heterocycles. The van der Waals surface area contributed by atoms with Crippen LogP contribution in [0.25, 0.3) is 0 Å². The van der Waals surface area contributed by atoms with E-state index in [1.807, 2.05) is 7.05 Å². The van der Waals surface area contributed by atoms with E-state index in [9.17, 15) is 4.21 Å². The van der Waals surface area contributed by atoms with Gasteiger partial charge >= 0.3 is 0 Å². The summed E-state index contributed by atoms with van der Waals surface area (Å²) in [5.41, 5.74) is 0. The summed E-state index contributed by atoms with van der Waals surface area (Å²) in [5, 5.41) is 4.03. The van der Waals surface area contributed by atoms with Crippen LogP contribution in [0.3, 0.4) is 0 Å². The molecule has 0 amide bonds. The fourth-order valence-corrected chi connectivity index (χ4v) is 4.33. The normalized spacial score (nSPS) is 31.5. The Bertz CT molecular complexity index is 218. The second-order valence-electron chi connectivity index (χ2n) is 5.00. The van der Waals surface area contributed by atoms with Crippen LogP contribution in [0.2, 0.25) is 0 Å². The zero-order valence-corrected chi connectivity index (χ0v) is 11.3. The first-order chi connectivity index (χ1) is 7.07. The largest absolute Gasteiger partial charge is 0.316 e. The van der Waals surface area contributed by atoms with Crippen LogP contribution >= 0.6 is 0 Å². The lowest BCUT2D eigenvalue weighted by Gasteiger charge is -2.33. The van der Waals surface area contributed by atoms with Crippen molar-refractivity contribution < 1.29 is 4.21 Å². The molecule has 2 nitrogen and oxygen atoms in total. The van der Waals surface area contributed by atoms with Gasteiger partial charge in [0.15, 0.2) is 0 Å². The summed E-state index contributed by atoms with van der Waals surface area (Å²) < 4.78 is 12.4. The van der Waals surface area contributed by atoms with Gasteiger partial charge in [-0.05, 0) is 25.8 Å². The van der Waals surface area contributed by atoms with Gasteiger partial charge in [0.1, 0.15) is 0 Å². The highest BCUT2D eigenvalue weighted by Gasteiger charge is 2.32. The maximum Gasteiger partial charge on any atom is 0.0503 e. The SMILES string of the molecule is CNC1CCCCC1S(=O)C(C)C(C)C. The second-order valence-corrected chi connectivity index (χ2v) is 7.00. The molecule has 15 heavy (non-hydrogen) atoms. The van der Waals surface area contributed by atoms with Crippen LogP contribution in [-0.4, -0.2) is 27.8 Å². The van der Waals surface area contributed by atoms with Crippen LogP contribution in [0.4, 0.5) is 0 Å². The molecule has 0 aromatic heterocycles. The van der Waals surface area contributed by atoms with Gasteiger partial charge in [0, 0.05) is 22.1 Å². The third kappa shape index (κ3) is 3.28. The average molecular weight is 231 g/mol. The van der Waals surface area contributed by atoms with Crippen LogP contribution in [-0.2, 0) is 10.8 Å². The standard InChI is InChI=1S/C12H25NOS/c1-9(2)10(3)15(14)12-8-6-5-7-11(12)13-4/h9-13H,5-8H2,1-4H3. The fraction of sp³-hybridized carbons (Fsp3) is 1.00. The Morgan fingerprint density at radius 2 is 1.80 bits per heavy atom. The first kappa shape index (κ1) is 13.2. The van der Waals surface area contributed by atoms with E-state index in [-0.39, 0.29) is 0 Å². The Kier molecular flexibility index (Phi) is 5.27. The van der Waals surface area contributed by atoms with E-state index in [0.29, 0.717) is 22.5 Å². The fourth-order valence-electron chi connectivity index (χ4n) is 2.25. The van der Waals surface area contributed by atoms with Crippen molar-refractivity contribution in [3.8, 4) is 0 Å². The van der Waals surface area contributed by atoms with E-state index in [1.54, 1.807) is 0 Å². The molecule has 0 bridgehead atoms. The molecule has 3 heteroatoms. The zero-order chi connectivity index (χ0) is 11.4. The molecule has 0 spiro atoms. The van der Waals surface area contributed by atoms with E-state index in [2.05, 4.69) is 26.1 Å². The molecular weight excluding hydrogens is 206 g/mol. The molecule has 1 N–H and O–H groups in total. The third-order valence-corrected chi connectivity index (χ3v) is 6.12. The Balaban J connectivity index is 2.63. The summed E-state index contributed by atoms with van der Waals surface area (Å²) in [7, 11) is 1.33. The molecule has 1 aliphatic carbocycles. The average Bonchev–Trinajstić information content (AvgIpc) is 2.26. The van der Waals surface area contributed by atoms with Gasteiger partial charge in [0.25, 0.3) is 0 Å². The molecule has 1 rings (SSSR count). The van der Waals surface area contributed by atoms with Crippen molar-refractivity contribution >= 4 is 10.8 Å². The highest BCUT2D eigenvalue weighted by molar-refractivity contribution is 7.86. The summed E-state index contributed by atoms with van der Waals surface area (Å²) in [5.74, 6) is 0.519. The van der Waals surface area contributed by atoms with Crippen LogP contribution in [0.15, 0.2) is 0 Å². The molecule has 0 aliphatic heterocycles. The predicted octanol–water partition coefficient (Wildman–Crippen LogP) is 2.31. The molecule has 0 aromatic carbocycles. The van der Waals surface area contributed by atoms with Gasteiger partial charge in [-0.2, -0.15) is 0 Å². The first-order valence-corrected chi connectivity index (χ1v) is 7.42. The highest BCUT2D eigenvalue weighted by atomic mass is 32.2. The van der Waals surface area contributed by atoms with Crippen molar-refractivity contribution in [3.63, 3.8) is 0 Å². The topological polar surface area (TPSA) is 29.1 Å². The van der Waals surface area contributed by atoms with Crippen molar-refractivity contribution in [2.24, 2.45) is 5.92 Å². The second kappa shape index (κ2) is 6.00. The molecule has 4 unspecified atom stereocenters. The third-order valence-electron chi connectivity index (χ3n) is 3.68. The smallest absolute Gasteiger partial charge is 0.0503 e. The number of hydrogen-bond donors (Lipinski definition) is 1. The van der Waals surface area contributed by atoms with Crippen molar-refractivity contribution in [1.82, 2.24) is 5.32 Å². The number of nitrogens with one attached hydrogen (secondary N) is 1. The molecule has 0 heterocycles. The molecule has 1 fully saturated rings. The van der Waals surface area contributed by atoms with E-state index < -0.39 is 10.8 Å². The summed E-state index contributed by atoms with van der Waals surface area (Å²) in [6.07, 6.45) is 4.86. The molecular formula is C12H25NOS. The minimum Gasteiger partial charge on any atom is -0.316 e. The maximum atomic E-state index is 12.4. The Labute approximate surface area is 96.7 Å².